The van der Waals surface area contributed by atoms with Gasteiger partial charge >= 0.3 is 5.97 Å². The minimum absolute atomic E-state index is 0.0319. The van der Waals surface area contributed by atoms with Crippen molar-refractivity contribution in [2.75, 3.05) is 6.61 Å². The van der Waals surface area contributed by atoms with E-state index in [0.29, 0.717) is 13.0 Å². The van der Waals surface area contributed by atoms with Crippen LogP contribution < -0.4 is 0 Å². The molecule has 96 valence electrons. The number of carbonyl (C=O) groups is 2. The Morgan fingerprint density at radius 2 is 1.76 bits per heavy atom. The SMILES string of the molecule is CCOC(=O)CC(=O)CCC(C1CC1)C1CC1. The van der Waals surface area contributed by atoms with Crippen molar-refractivity contribution >= 4 is 11.8 Å². The number of Topliss-reactive ketones (excluding diaryl/α,β-unsaturated/α-hetero) is 1. The summed E-state index contributed by atoms with van der Waals surface area (Å²) in [6.45, 7) is 2.12. The van der Waals surface area contributed by atoms with Crippen LogP contribution in [0.25, 0.3) is 0 Å². The largest absolute Gasteiger partial charge is 0.466 e. The molecule has 2 saturated carbocycles. The van der Waals surface area contributed by atoms with E-state index in [1.54, 1.807) is 6.92 Å². The minimum atomic E-state index is -0.369. The molecule has 2 fully saturated rings. The van der Waals surface area contributed by atoms with E-state index in [9.17, 15) is 9.59 Å². The Labute approximate surface area is 103 Å². The summed E-state index contributed by atoms with van der Waals surface area (Å²) in [4.78, 5) is 22.8. The van der Waals surface area contributed by atoms with Crippen molar-refractivity contribution in [3.8, 4) is 0 Å². The van der Waals surface area contributed by atoms with Gasteiger partial charge in [0.05, 0.1) is 6.61 Å². The van der Waals surface area contributed by atoms with Gasteiger partial charge in [0.15, 0.2) is 0 Å². The molecule has 3 nitrogen and oxygen atoms in total. The summed E-state index contributed by atoms with van der Waals surface area (Å²) >= 11 is 0. The van der Waals surface area contributed by atoms with Gasteiger partial charge in [-0.2, -0.15) is 0 Å². The molecule has 3 heteroatoms. The smallest absolute Gasteiger partial charge is 0.313 e. The molecule has 2 aliphatic carbocycles. The van der Waals surface area contributed by atoms with Crippen LogP contribution in [-0.4, -0.2) is 18.4 Å². The lowest BCUT2D eigenvalue weighted by Gasteiger charge is -2.14. The molecule has 0 spiro atoms. The highest BCUT2D eigenvalue weighted by molar-refractivity contribution is 5.95. The number of hydrogen-bond donors (Lipinski definition) is 0. The third kappa shape index (κ3) is 4.14. The van der Waals surface area contributed by atoms with E-state index < -0.39 is 0 Å². The first-order valence-electron chi connectivity index (χ1n) is 6.88. The quantitative estimate of drug-likeness (QED) is 0.482. The molecule has 0 heterocycles. The van der Waals surface area contributed by atoms with E-state index in [4.69, 9.17) is 4.74 Å². The fourth-order valence-electron chi connectivity index (χ4n) is 2.69. The van der Waals surface area contributed by atoms with Crippen LogP contribution in [0.4, 0.5) is 0 Å². The summed E-state index contributed by atoms with van der Waals surface area (Å²) < 4.78 is 4.78. The fraction of sp³-hybridized carbons (Fsp3) is 0.857. The number of ketones is 1. The molecule has 0 amide bonds. The first kappa shape index (κ1) is 12.6. The lowest BCUT2D eigenvalue weighted by Crippen LogP contribution is -2.14. The maximum Gasteiger partial charge on any atom is 0.313 e. The summed E-state index contributed by atoms with van der Waals surface area (Å²) in [5, 5.41) is 0. The van der Waals surface area contributed by atoms with Crippen LogP contribution in [0.5, 0.6) is 0 Å². The first-order chi connectivity index (χ1) is 8.20. The Hall–Kier alpha value is -0.860. The third-order valence-corrected chi connectivity index (χ3v) is 3.86. The summed E-state index contributed by atoms with van der Waals surface area (Å²) in [7, 11) is 0. The predicted octanol–water partition coefficient (Wildman–Crippen LogP) is 2.73. The Morgan fingerprint density at radius 1 is 1.18 bits per heavy atom. The molecule has 0 aromatic heterocycles. The van der Waals surface area contributed by atoms with Crippen LogP contribution in [0.1, 0.15) is 51.9 Å². The molecule has 0 aromatic rings. The lowest BCUT2D eigenvalue weighted by atomic mass is 9.91. The van der Waals surface area contributed by atoms with E-state index >= 15 is 0 Å². The zero-order valence-corrected chi connectivity index (χ0v) is 10.6. The van der Waals surface area contributed by atoms with Crippen molar-refractivity contribution < 1.29 is 14.3 Å². The highest BCUT2D eigenvalue weighted by Crippen LogP contribution is 2.51. The summed E-state index contributed by atoms with van der Waals surface area (Å²) in [5.41, 5.74) is 0. The summed E-state index contributed by atoms with van der Waals surface area (Å²) in [6.07, 6.45) is 6.95. The Balaban J connectivity index is 1.65. The molecular formula is C14H22O3. The van der Waals surface area contributed by atoms with Crippen LogP contribution in [-0.2, 0) is 14.3 Å². The number of rotatable bonds is 8. The predicted molar refractivity (Wildman–Crippen MR) is 64.4 cm³/mol. The van der Waals surface area contributed by atoms with Gasteiger partial charge in [0.1, 0.15) is 12.2 Å². The second-order valence-corrected chi connectivity index (χ2v) is 5.40. The van der Waals surface area contributed by atoms with E-state index in [0.717, 1.165) is 24.2 Å². The highest BCUT2D eigenvalue weighted by atomic mass is 16.5. The first-order valence-corrected chi connectivity index (χ1v) is 6.88. The number of esters is 1. The van der Waals surface area contributed by atoms with Crippen molar-refractivity contribution in [2.24, 2.45) is 17.8 Å². The molecule has 2 aliphatic rings. The molecule has 0 aliphatic heterocycles. The van der Waals surface area contributed by atoms with E-state index in [-0.39, 0.29) is 18.2 Å². The molecular weight excluding hydrogens is 216 g/mol. The van der Waals surface area contributed by atoms with Gasteiger partial charge < -0.3 is 4.74 Å². The van der Waals surface area contributed by atoms with Crippen molar-refractivity contribution in [3.63, 3.8) is 0 Å². The van der Waals surface area contributed by atoms with Crippen LogP contribution in [0.3, 0.4) is 0 Å². The van der Waals surface area contributed by atoms with Crippen LogP contribution in [0.15, 0.2) is 0 Å². The number of carbonyl (C=O) groups excluding carboxylic acids is 2. The van der Waals surface area contributed by atoms with Gasteiger partial charge in [-0.1, -0.05) is 0 Å². The molecule has 0 bridgehead atoms. The molecule has 0 atom stereocenters. The second kappa shape index (κ2) is 5.65. The number of ether oxygens (including phenoxy) is 1. The average Bonchev–Trinajstić information content (AvgIpc) is 3.13. The van der Waals surface area contributed by atoms with Gasteiger partial charge in [-0.05, 0) is 56.8 Å². The topological polar surface area (TPSA) is 43.4 Å². The Morgan fingerprint density at radius 3 is 2.24 bits per heavy atom. The number of hydrogen-bond acceptors (Lipinski definition) is 3. The van der Waals surface area contributed by atoms with Crippen LogP contribution in [0.2, 0.25) is 0 Å². The second-order valence-electron chi connectivity index (χ2n) is 5.40. The molecule has 2 rings (SSSR count). The molecule has 0 N–H and O–H groups in total. The minimum Gasteiger partial charge on any atom is -0.466 e. The van der Waals surface area contributed by atoms with Crippen molar-refractivity contribution in [2.45, 2.75) is 51.9 Å². The van der Waals surface area contributed by atoms with Gasteiger partial charge in [0.2, 0.25) is 0 Å². The van der Waals surface area contributed by atoms with Crippen molar-refractivity contribution in [3.05, 3.63) is 0 Å². The lowest BCUT2D eigenvalue weighted by molar-refractivity contribution is -0.145. The zero-order chi connectivity index (χ0) is 12.3. The Bertz CT molecular complexity index is 278. The van der Waals surface area contributed by atoms with Crippen molar-refractivity contribution in [1.29, 1.82) is 0 Å². The fourth-order valence-corrected chi connectivity index (χ4v) is 2.69. The van der Waals surface area contributed by atoms with Crippen LogP contribution >= 0.6 is 0 Å². The van der Waals surface area contributed by atoms with Gasteiger partial charge in [-0.15, -0.1) is 0 Å². The molecule has 0 radical (unpaired) electrons. The monoisotopic (exact) mass is 238 g/mol. The summed E-state index contributed by atoms with van der Waals surface area (Å²) in [5.74, 6) is 2.22. The van der Waals surface area contributed by atoms with Crippen molar-refractivity contribution in [1.82, 2.24) is 0 Å². The maximum atomic E-state index is 11.6. The van der Waals surface area contributed by atoms with E-state index in [1.165, 1.54) is 25.7 Å². The zero-order valence-electron chi connectivity index (χ0n) is 10.6. The normalized spacial score (nSPS) is 19.4. The van der Waals surface area contributed by atoms with E-state index in [1.807, 2.05) is 0 Å². The molecule has 0 saturated heterocycles. The van der Waals surface area contributed by atoms with Gasteiger partial charge in [0, 0.05) is 6.42 Å². The standard InChI is InChI=1S/C14H22O3/c1-2-17-14(16)9-12(15)7-8-13(10-3-4-10)11-5-6-11/h10-11,13H,2-9H2,1H3. The van der Waals surface area contributed by atoms with E-state index in [2.05, 4.69) is 0 Å². The van der Waals surface area contributed by atoms with Crippen LogP contribution in [0, 0.1) is 17.8 Å². The molecule has 0 unspecified atom stereocenters. The van der Waals surface area contributed by atoms with Gasteiger partial charge in [-0.3, -0.25) is 9.59 Å². The van der Waals surface area contributed by atoms with Gasteiger partial charge in [0.25, 0.3) is 0 Å². The molecule has 0 aromatic carbocycles. The molecule has 17 heavy (non-hydrogen) atoms. The highest BCUT2D eigenvalue weighted by Gasteiger charge is 2.40. The summed E-state index contributed by atoms with van der Waals surface area (Å²) in [6, 6.07) is 0. The average molecular weight is 238 g/mol. The third-order valence-electron chi connectivity index (χ3n) is 3.86. The Kier molecular flexibility index (Phi) is 4.19. The van der Waals surface area contributed by atoms with Gasteiger partial charge in [-0.25, -0.2) is 0 Å². The maximum absolute atomic E-state index is 11.6.